The average molecular weight is 488 g/mol. The lowest BCUT2D eigenvalue weighted by molar-refractivity contribution is -0.0295. The van der Waals surface area contributed by atoms with Crippen LogP contribution in [0.5, 0.6) is 0 Å². The number of anilines is 2. The van der Waals surface area contributed by atoms with Gasteiger partial charge in [0, 0.05) is 24.0 Å². The van der Waals surface area contributed by atoms with Crippen LogP contribution in [-0.4, -0.2) is 61.0 Å². The number of aliphatic hydroxyl groups is 2. The Kier molecular flexibility index (Phi) is 7.02. The maximum absolute atomic E-state index is 10.7. The molecule has 4 aromatic rings. The molecule has 2 aromatic heterocycles. The van der Waals surface area contributed by atoms with Crippen molar-refractivity contribution in [2.75, 3.05) is 18.4 Å². The van der Waals surface area contributed by atoms with Crippen LogP contribution < -0.4 is 5.32 Å². The largest absolute Gasteiger partial charge is 0.388 e. The van der Waals surface area contributed by atoms with E-state index in [0.717, 1.165) is 41.8 Å². The van der Waals surface area contributed by atoms with Crippen LogP contribution in [0.25, 0.3) is 22.2 Å². The maximum atomic E-state index is 10.7. The quantitative estimate of drug-likeness (QED) is 0.341. The SMILES string of the molecule is CCN(CC)Cc1ccc(Nc2ncnc3c2c(-c2ccccc2)cn3[C@@H]2O[C@H](C)[C@@H](O)[C@H]2O)cc1. The zero-order valence-corrected chi connectivity index (χ0v) is 20.9. The van der Waals surface area contributed by atoms with Gasteiger partial charge in [-0.05, 0) is 43.3 Å². The minimum Gasteiger partial charge on any atom is -0.388 e. The summed E-state index contributed by atoms with van der Waals surface area (Å²) in [4.78, 5) is 11.5. The van der Waals surface area contributed by atoms with E-state index in [1.54, 1.807) is 11.5 Å². The van der Waals surface area contributed by atoms with Gasteiger partial charge in [0.1, 0.15) is 30.0 Å². The van der Waals surface area contributed by atoms with Crippen molar-refractivity contribution in [1.82, 2.24) is 19.4 Å². The first-order valence-corrected chi connectivity index (χ1v) is 12.5. The molecule has 36 heavy (non-hydrogen) atoms. The average Bonchev–Trinajstić information content (AvgIpc) is 3.42. The third kappa shape index (κ3) is 4.60. The molecule has 3 heterocycles. The highest BCUT2D eigenvalue weighted by atomic mass is 16.6. The molecule has 8 nitrogen and oxygen atoms in total. The van der Waals surface area contributed by atoms with Crippen LogP contribution in [0.4, 0.5) is 11.5 Å². The van der Waals surface area contributed by atoms with Crippen LogP contribution in [0, 0.1) is 0 Å². The Bertz CT molecular complexity index is 1300. The molecular weight excluding hydrogens is 454 g/mol. The Morgan fingerprint density at radius 1 is 0.972 bits per heavy atom. The molecule has 1 saturated heterocycles. The van der Waals surface area contributed by atoms with Gasteiger partial charge in [0.05, 0.1) is 11.5 Å². The molecule has 4 atom stereocenters. The number of nitrogens with zero attached hydrogens (tertiary/aromatic N) is 4. The van der Waals surface area contributed by atoms with E-state index < -0.39 is 24.5 Å². The third-order valence-electron chi connectivity index (χ3n) is 6.96. The van der Waals surface area contributed by atoms with Gasteiger partial charge in [-0.1, -0.05) is 56.3 Å². The Morgan fingerprint density at radius 2 is 1.69 bits per heavy atom. The maximum Gasteiger partial charge on any atom is 0.164 e. The number of hydrogen-bond acceptors (Lipinski definition) is 7. The van der Waals surface area contributed by atoms with Crippen molar-refractivity contribution in [2.24, 2.45) is 0 Å². The van der Waals surface area contributed by atoms with Crippen molar-refractivity contribution in [3.63, 3.8) is 0 Å². The number of hydrogen-bond donors (Lipinski definition) is 3. The normalized spacial score (nSPS) is 21.9. The summed E-state index contributed by atoms with van der Waals surface area (Å²) >= 11 is 0. The zero-order valence-electron chi connectivity index (χ0n) is 20.9. The summed E-state index contributed by atoms with van der Waals surface area (Å²) in [5, 5.41) is 25.3. The van der Waals surface area contributed by atoms with Crippen molar-refractivity contribution in [3.8, 4) is 11.1 Å². The van der Waals surface area contributed by atoms with Gasteiger partial charge in [-0.25, -0.2) is 9.97 Å². The van der Waals surface area contributed by atoms with Crippen LogP contribution >= 0.6 is 0 Å². The first kappa shape index (κ1) is 24.4. The summed E-state index contributed by atoms with van der Waals surface area (Å²) in [7, 11) is 0. The molecule has 8 heteroatoms. The fourth-order valence-electron chi connectivity index (χ4n) is 4.80. The Balaban J connectivity index is 1.55. The number of benzene rings is 2. The molecule has 0 bridgehead atoms. The van der Waals surface area contributed by atoms with Gasteiger partial charge >= 0.3 is 0 Å². The summed E-state index contributed by atoms with van der Waals surface area (Å²) in [5.41, 5.74) is 4.71. The Hall–Kier alpha value is -3.30. The van der Waals surface area contributed by atoms with Gasteiger partial charge in [-0.2, -0.15) is 0 Å². The lowest BCUT2D eigenvalue weighted by Gasteiger charge is -2.18. The number of aliphatic hydroxyl groups excluding tert-OH is 2. The summed E-state index contributed by atoms with van der Waals surface area (Å²) < 4.78 is 7.73. The fraction of sp³-hybridized carbons (Fsp3) is 0.357. The third-order valence-corrected chi connectivity index (χ3v) is 6.96. The number of fused-ring (bicyclic) bond motifs is 1. The standard InChI is InChI=1S/C28H33N5O3/c1-4-32(5-2)15-19-11-13-21(14-12-19)31-26-23-22(20-9-7-6-8-10-20)16-33(27(23)30-17-29-26)28-25(35)24(34)18(3)36-28/h6-14,16-18,24-25,28,34-35H,4-5,15H2,1-3H3,(H,29,30,31)/t18-,24-,25-,28-/m1/s1. The van der Waals surface area contributed by atoms with E-state index in [1.807, 2.05) is 36.5 Å². The number of rotatable bonds is 8. The highest BCUT2D eigenvalue weighted by Crippen LogP contribution is 2.39. The van der Waals surface area contributed by atoms with Gasteiger partial charge in [0.15, 0.2) is 6.23 Å². The van der Waals surface area contributed by atoms with E-state index in [2.05, 4.69) is 58.3 Å². The summed E-state index contributed by atoms with van der Waals surface area (Å²) in [5.74, 6) is 0.662. The minimum atomic E-state index is -1.07. The van der Waals surface area contributed by atoms with E-state index in [4.69, 9.17) is 4.74 Å². The number of aromatic nitrogens is 3. The molecule has 0 radical (unpaired) electrons. The van der Waals surface area contributed by atoms with E-state index in [-0.39, 0.29) is 0 Å². The summed E-state index contributed by atoms with van der Waals surface area (Å²) in [6.45, 7) is 9.05. The van der Waals surface area contributed by atoms with E-state index in [9.17, 15) is 10.2 Å². The Labute approximate surface area is 211 Å². The molecule has 0 unspecified atom stereocenters. The predicted molar refractivity (Wildman–Crippen MR) is 141 cm³/mol. The van der Waals surface area contributed by atoms with Gasteiger partial charge in [-0.15, -0.1) is 0 Å². The van der Waals surface area contributed by atoms with Gasteiger partial charge in [-0.3, -0.25) is 4.90 Å². The van der Waals surface area contributed by atoms with Crippen LogP contribution in [0.15, 0.2) is 67.1 Å². The predicted octanol–water partition coefficient (Wildman–Crippen LogP) is 4.32. The topological polar surface area (TPSA) is 95.7 Å². The molecule has 0 aliphatic carbocycles. The smallest absolute Gasteiger partial charge is 0.164 e. The number of ether oxygens (including phenoxy) is 1. The van der Waals surface area contributed by atoms with Crippen molar-refractivity contribution >= 4 is 22.5 Å². The van der Waals surface area contributed by atoms with Crippen molar-refractivity contribution in [3.05, 3.63) is 72.7 Å². The molecule has 1 fully saturated rings. The van der Waals surface area contributed by atoms with Crippen LogP contribution in [0.2, 0.25) is 0 Å². The second-order valence-corrected chi connectivity index (χ2v) is 9.23. The molecule has 3 N–H and O–H groups in total. The van der Waals surface area contributed by atoms with Crippen LogP contribution in [0.3, 0.4) is 0 Å². The molecule has 0 saturated carbocycles. The van der Waals surface area contributed by atoms with Crippen LogP contribution in [0.1, 0.15) is 32.6 Å². The van der Waals surface area contributed by atoms with Gasteiger partial charge in [0.25, 0.3) is 0 Å². The molecule has 2 aromatic carbocycles. The summed E-state index contributed by atoms with van der Waals surface area (Å²) in [6, 6.07) is 18.4. The number of nitrogens with one attached hydrogen (secondary N) is 1. The summed E-state index contributed by atoms with van der Waals surface area (Å²) in [6.07, 6.45) is 0.150. The molecule has 0 amide bonds. The van der Waals surface area contributed by atoms with Crippen molar-refractivity contribution in [2.45, 2.75) is 51.9 Å². The first-order valence-electron chi connectivity index (χ1n) is 12.5. The van der Waals surface area contributed by atoms with Gasteiger partial charge in [0.2, 0.25) is 0 Å². The van der Waals surface area contributed by atoms with Gasteiger partial charge < -0.3 is 24.8 Å². The second-order valence-electron chi connectivity index (χ2n) is 9.23. The van der Waals surface area contributed by atoms with Crippen LogP contribution in [-0.2, 0) is 11.3 Å². The molecular formula is C28H33N5O3. The zero-order chi connectivity index (χ0) is 25.2. The van der Waals surface area contributed by atoms with E-state index in [1.165, 1.54) is 11.9 Å². The second kappa shape index (κ2) is 10.4. The molecule has 0 spiro atoms. The monoisotopic (exact) mass is 487 g/mol. The fourth-order valence-corrected chi connectivity index (χ4v) is 4.80. The van der Waals surface area contributed by atoms with Crippen molar-refractivity contribution in [1.29, 1.82) is 0 Å². The highest BCUT2D eigenvalue weighted by Gasteiger charge is 2.42. The molecule has 1 aliphatic rings. The molecule has 1 aliphatic heterocycles. The molecule has 188 valence electrons. The Morgan fingerprint density at radius 3 is 2.33 bits per heavy atom. The van der Waals surface area contributed by atoms with E-state index >= 15 is 0 Å². The lowest BCUT2D eigenvalue weighted by atomic mass is 10.1. The van der Waals surface area contributed by atoms with E-state index in [0.29, 0.717) is 11.5 Å². The van der Waals surface area contributed by atoms with Crippen molar-refractivity contribution < 1.29 is 14.9 Å². The highest BCUT2D eigenvalue weighted by molar-refractivity contribution is 6.02. The lowest BCUT2D eigenvalue weighted by Crippen LogP contribution is -2.30. The first-order chi connectivity index (χ1) is 17.5. The minimum absolute atomic E-state index is 0.489. The molecule has 5 rings (SSSR count).